The van der Waals surface area contributed by atoms with Crippen LogP contribution in [0.1, 0.15) is 32.8 Å². The number of hydrogen-bond donors (Lipinski definition) is 1. The smallest absolute Gasteiger partial charge is 0.0587 e. The summed E-state index contributed by atoms with van der Waals surface area (Å²) in [5.41, 5.74) is 2.65. The first kappa shape index (κ1) is 17.0. The van der Waals surface area contributed by atoms with Crippen LogP contribution in [0.3, 0.4) is 0 Å². The molecular weight excluding hydrogens is 248 g/mol. The highest BCUT2D eigenvalue weighted by Crippen LogP contribution is 2.17. The van der Waals surface area contributed by atoms with Crippen LogP contribution in [0.2, 0.25) is 0 Å². The molecule has 0 aliphatic carbocycles. The van der Waals surface area contributed by atoms with Crippen molar-refractivity contribution in [3.63, 3.8) is 0 Å². The van der Waals surface area contributed by atoms with Gasteiger partial charge in [-0.3, -0.25) is 0 Å². The third-order valence-corrected chi connectivity index (χ3v) is 3.72. The van der Waals surface area contributed by atoms with Crippen LogP contribution in [0.5, 0.6) is 0 Å². The summed E-state index contributed by atoms with van der Waals surface area (Å²) in [6.45, 7) is 11.6. The fourth-order valence-corrected chi connectivity index (χ4v) is 2.15. The van der Waals surface area contributed by atoms with Crippen molar-refractivity contribution in [3.8, 4) is 0 Å². The van der Waals surface area contributed by atoms with Crippen molar-refractivity contribution in [1.82, 2.24) is 5.32 Å². The van der Waals surface area contributed by atoms with Crippen molar-refractivity contribution >= 4 is 5.69 Å². The maximum absolute atomic E-state index is 5.02. The molecule has 0 bridgehead atoms. The molecule has 1 rings (SSSR count). The fraction of sp³-hybridized carbons (Fsp3) is 0.647. The van der Waals surface area contributed by atoms with Gasteiger partial charge in [0.05, 0.1) is 6.61 Å². The second kappa shape index (κ2) is 9.78. The van der Waals surface area contributed by atoms with Gasteiger partial charge in [0.2, 0.25) is 0 Å². The molecule has 0 amide bonds. The number of anilines is 1. The third-order valence-electron chi connectivity index (χ3n) is 3.72. The number of hydrogen-bond acceptors (Lipinski definition) is 3. The first-order valence-corrected chi connectivity index (χ1v) is 7.74. The van der Waals surface area contributed by atoms with E-state index in [0.717, 1.165) is 38.7 Å². The molecule has 1 N–H and O–H groups in total. The molecule has 1 aromatic rings. The van der Waals surface area contributed by atoms with Gasteiger partial charge in [0.25, 0.3) is 0 Å². The highest BCUT2D eigenvalue weighted by atomic mass is 16.5. The lowest BCUT2D eigenvalue weighted by Gasteiger charge is -2.26. The standard InChI is InChI=1S/C17H30N2O/c1-5-15(3)14-19(6-2)17-9-7-16(8-10-17)13-18-11-12-20-4/h7-10,15,18H,5-6,11-14H2,1-4H3. The largest absolute Gasteiger partial charge is 0.383 e. The van der Waals surface area contributed by atoms with Gasteiger partial charge in [0, 0.05) is 39.0 Å². The fourth-order valence-electron chi connectivity index (χ4n) is 2.15. The van der Waals surface area contributed by atoms with E-state index in [9.17, 15) is 0 Å². The molecule has 0 aromatic heterocycles. The molecule has 0 heterocycles. The molecule has 0 saturated heterocycles. The molecule has 1 atom stereocenters. The van der Waals surface area contributed by atoms with E-state index >= 15 is 0 Å². The molecule has 0 radical (unpaired) electrons. The second-order valence-electron chi connectivity index (χ2n) is 5.39. The average molecular weight is 278 g/mol. The summed E-state index contributed by atoms with van der Waals surface area (Å²) in [5, 5.41) is 3.37. The van der Waals surface area contributed by atoms with E-state index in [-0.39, 0.29) is 0 Å². The lowest BCUT2D eigenvalue weighted by Crippen LogP contribution is -2.28. The Balaban J connectivity index is 2.51. The monoisotopic (exact) mass is 278 g/mol. The van der Waals surface area contributed by atoms with Gasteiger partial charge in [0.1, 0.15) is 0 Å². The van der Waals surface area contributed by atoms with Crippen molar-refractivity contribution in [2.45, 2.75) is 33.7 Å². The maximum Gasteiger partial charge on any atom is 0.0587 e. The summed E-state index contributed by atoms with van der Waals surface area (Å²) in [7, 11) is 1.73. The minimum absolute atomic E-state index is 0.741. The Hall–Kier alpha value is -1.06. The van der Waals surface area contributed by atoms with Gasteiger partial charge < -0.3 is 15.0 Å². The summed E-state index contributed by atoms with van der Waals surface area (Å²) in [5.74, 6) is 0.741. The van der Waals surface area contributed by atoms with Crippen molar-refractivity contribution < 1.29 is 4.74 Å². The quantitative estimate of drug-likeness (QED) is 0.665. The number of ether oxygens (including phenoxy) is 1. The van der Waals surface area contributed by atoms with Gasteiger partial charge in [-0.2, -0.15) is 0 Å². The highest BCUT2D eigenvalue weighted by Gasteiger charge is 2.08. The molecule has 3 nitrogen and oxygen atoms in total. The van der Waals surface area contributed by atoms with Gasteiger partial charge >= 0.3 is 0 Å². The Morgan fingerprint density at radius 1 is 1.20 bits per heavy atom. The van der Waals surface area contributed by atoms with E-state index in [4.69, 9.17) is 4.74 Å². The number of methoxy groups -OCH3 is 1. The topological polar surface area (TPSA) is 24.5 Å². The molecular formula is C17H30N2O. The van der Waals surface area contributed by atoms with Crippen LogP contribution in [-0.2, 0) is 11.3 Å². The van der Waals surface area contributed by atoms with E-state index in [0.29, 0.717) is 0 Å². The van der Waals surface area contributed by atoms with Gasteiger partial charge in [-0.25, -0.2) is 0 Å². The van der Waals surface area contributed by atoms with Crippen LogP contribution in [0.25, 0.3) is 0 Å². The van der Waals surface area contributed by atoms with E-state index in [2.05, 4.69) is 55.3 Å². The highest BCUT2D eigenvalue weighted by molar-refractivity contribution is 5.47. The third kappa shape index (κ3) is 5.93. The van der Waals surface area contributed by atoms with Gasteiger partial charge in [-0.15, -0.1) is 0 Å². The zero-order chi connectivity index (χ0) is 14.8. The molecule has 0 fully saturated rings. The summed E-state index contributed by atoms with van der Waals surface area (Å²) in [4.78, 5) is 2.45. The van der Waals surface area contributed by atoms with Crippen LogP contribution < -0.4 is 10.2 Å². The van der Waals surface area contributed by atoms with Gasteiger partial charge in [0.15, 0.2) is 0 Å². The number of benzene rings is 1. The van der Waals surface area contributed by atoms with Gasteiger partial charge in [-0.05, 0) is 30.5 Å². The molecule has 0 spiro atoms. The molecule has 3 heteroatoms. The van der Waals surface area contributed by atoms with Crippen LogP contribution in [0.4, 0.5) is 5.69 Å². The normalized spacial score (nSPS) is 12.4. The summed E-state index contributed by atoms with van der Waals surface area (Å²) < 4.78 is 5.02. The molecule has 1 aromatic carbocycles. The van der Waals surface area contributed by atoms with Crippen LogP contribution in [0, 0.1) is 5.92 Å². The molecule has 20 heavy (non-hydrogen) atoms. The summed E-state index contributed by atoms with van der Waals surface area (Å²) >= 11 is 0. The van der Waals surface area contributed by atoms with Crippen molar-refractivity contribution in [3.05, 3.63) is 29.8 Å². The SMILES string of the molecule is CCC(C)CN(CC)c1ccc(CNCCOC)cc1. The lowest BCUT2D eigenvalue weighted by atomic mass is 10.1. The molecule has 0 aliphatic heterocycles. The molecule has 0 aliphatic rings. The van der Waals surface area contributed by atoms with Crippen molar-refractivity contribution in [2.75, 3.05) is 38.3 Å². The summed E-state index contributed by atoms with van der Waals surface area (Å²) in [6.07, 6.45) is 1.23. The maximum atomic E-state index is 5.02. The number of nitrogens with one attached hydrogen (secondary N) is 1. The van der Waals surface area contributed by atoms with E-state index < -0.39 is 0 Å². The number of rotatable bonds is 10. The average Bonchev–Trinajstić information content (AvgIpc) is 2.49. The first-order valence-electron chi connectivity index (χ1n) is 7.74. The second-order valence-corrected chi connectivity index (χ2v) is 5.39. The van der Waals surface area contributed by atoms with Gasteiger partial charge in [-0.1, -0.05) is 32.4 Å². The number of nitrogens with zero attached hydrogens (tertiary/aromatic N) is 1. The van der Waals surface area contributed by atoms with Crippen LogP contribution >= 0.6 is 0 Å². The minimum Gasteiger partial charge on any atom is -0.383 e. The van der Waals surface area contributed by atoms with Crippen LogP contribution in [-0.4, -0.2) is 33.4 Å². The van der Waals surface area contributed by atoms with Crippen molar-refractivity contribution in [1.29, 1.82) is 0 Å². The van der Waals surface area contributed by atoms with E-state index in [1.165, 1.54) is 17.7 Å². The Kier molecular flexibility index (Phi) is 8.31. The first-order chi connectivity index (χ1) is 9.71. The predicted molar refractivity (Wildman–Crippen MR) is 87.4 cm³/mol. The molecule has 1 unspecified atom stereocenters. The van der Waals surface area contributed by atoms with Crippen molar-refractivity contribution in [2.24, 2.45) is 5.92 Å². The molecule has 0 saturated carbocycles. The van der Waals surface area contributed by atoms with Crippen LogP contribution in [0.15, 0.2) is 24.3 Å². The minimum atomic E-state index is 0.741. The Bertz CT molecular complexity index is 351. The summed E-state index contributed by atoms with van der Waals surface area (Å²) in [6, 6.07) is 8.90. The van der Waals surface area contributed by atoms with E-state index in [1.54, 1.807) is 7.11 Å². The van der Waals surface area contributed by atoms with E-state index in [1.807, 2.05) is 0 Å². The Labute approximate surface area is 124 Å². The Morgan fingerprint density at radius 3 is 2.45 bits per heavy atom. The lowest BCUT2D eigenvalue weighted by molar-refractivity contribution is 0.199. The molecule has 114 valence electrons. The predicted octanol–water partition coefficient (Wildman–Crippen LogP) is 3.30. The zero-order valence-corrected chi connectivity index (χ0v) is 13.5. The Morgan fingerprint density at radius 2 is 1.90 bits per heavy atom. The zero-order valence-electron chi connectivity index (χ0n) is 13.5.